The second-order valence-corrected chi connectivity index (χ2v) is 20.4. The summed E-state index contributed by atoms with van der Waals surface area (Å²) in [6.45, 7) is 11.8. The largest absolute Gasteiger partial charge is 0.486 e. The fourth-order valence-electron chi connectivity index (χ4n) is 6.83. The molecular weight excluding hydrogens is 949 g/mol. The molecule has 10 rings (SSSR count). The second kappa shape index (κ2) is 22.0. The Morgan fingerprint density at radius 1 is 0.667 bits per heavy atom. The lowest BCUT2D eigenvalue weighted by atomic mass is 9.98. The standard InChI is InChI=1S/C15H17N3O4S.C13H14N2O2S.C13H14N2O2.C5H9N3O2S/c1-11(12-4-5-14-15(8-12)22-7-6-21-14)13-9-18(10-16-13)23(19,20)17(2)3;1-8(10-7-14-13(18)15-10)9-2-3-11-12(6-9)17-5-4-16-11;1-9(11-7-14-8-15-11)10-2-3-12-13(6-10)17-5-4-16-12;1-7(2)11(9,10)8-4-3-6-5-8/h4-5,8-10H,1,6-7H2,2-3H3;2-3,6-8H,4-5H2,1H3,(H2,14,15,18);2-3,6-9H,4-5H2,1H3,(H,14,15);3-5H,1-2H3. The van der Waals surface area contributed by atoms with E-state index in [1.165, 1.54) is 70.6 Å². The number of aromatic nitrogens is 8. The van der Waals surface area contributed by atoms with Crippen molar-refractivity contribution in [1.29, 1.82) is 0 Å². The van der Waals surface area contributed by atoms with Gasteiger partial charge in [-0.3, -0.25) is 0 Å². The lowest BCUT2D eigenvalue weighted by molar-refractivity contribution is 0.171. The number of aromatic amines is 3. The van der Waals surface area contributed by atoms with Crippen LogP contribution < -0.4 is 28.4 Å². The van der Waals surface area contributed by atoms with Gasteiger partial charge in [0.15, 0.2) is 39.3 Å². The highest BCUT2D eigenvalue weighted by Gasteiger charge is 2.21. The van der Waals surface area contributed by atoms with Crippen LogP contribution in [-0.4, -0.2) is 131 Å². The number of hydrogen-bond acceptors (Lipinski definition) is 14. The monoisotopic (exact) mass is 1000 g/mol. The minimum atomic E-state index is -3.58. The Morgan fingerprint density at radius 3 is 1.65 bits per heavy atom. The predicted octanol–water partition coefficient (Wildman–Crippen LogP) is 6.24. The first-order valence-electron chi connectivity index (χ1n) is 21.5. The second-order valence-electron chi connectivity index (χ2n) is 15.9. The fourth-order valence-corrected chi connectivity index (χ4v) is 8.54. The van der Waals surface area contributed by atoms with Gasteiger partial charge < -0.3 is 43.4 Å². The normalized spacial score (nSPS) is 14.5. The Hall–Kier alpha value is -6.92. The van der Waals surface area contributed by atoms with Crippen molar-refractivity contribution in [3.63, 3.8) is 0 Å². The Balaban J connectivity index is 0.000000140. The molecule has 7 aromatic rings. The molecule has 0 saturated carbocycles. The van der Waals surface area contributed by atoms with Gasteiger partial charge in [-0.15, -0.1) is 0 Å². The molecule has 0 spiro atoms. The number of H-pyrrole nitrogens is 3. The van der Waals surface area contributed by atoms with Gasteiger partial charge in [-0.2, -0.15) is 25.4 Å². The van der Waals surface area contributed by atoms with Crippen molar-refractivity contribution in [2.75, 3.05) is 67.8 Å². The van der Waals surface area contributed by atoms with Crippen LogP contribution in [0.5, 0.6) is 34.5 Å². The molecule has 3 aliphatic heterocycles. The van der Waals surface area contributed by atoms with E-state index in [4.69, 9.17) is 40.6 Å². The van der Waals surface area contributed by atoms with Crippen LogP contribution in [0.3, 0.4) is 0 Å². The number of nitrogens with zero attached hydrogens (tertiary/aromatic N) is 7. The molecule has 2 atom stereocenters. The smallest absolute Gasteiger partial charge is 0.308 e. The SMILES string of the molecule is C=C(c1ccc2c(c1)OCCO2)c1cn(S(=O)(=O)N(C)C)cn1.CC(c1ccc2c(c1)OCCO2)c1c[nH]c(=S)[nH]1.CC(c1ccc2c(c1)OCCO2)c1cnc[nH]1.CN(C)S(=O)(=O)n1ccnc1. The molecule has 69 heavy (non-hydrogen) atoms. The zero-order valence-corrected chi connectivity index (χ0v) is 41.3. The molecule has 3 N–H and O–H groups in total. The van der Waals surface area contributed by atoms with Gasteiger partial charge in [-0.05, 0) is 65.3 Å². The summed E-state index contributed by atoms with van der Waals surface area (Å²) in [4.78, 5) is 21.1. The van der Waals surface area contributed by atoms with Crippen LogP contribution in [0.1, 0.15) is 59.5 Å². The third-order valence-corrected chi connectivity index (χ3v) is 14.4. The van der Waals surface area contributed by atoms with Crippen LogP contribution >= 0.6 is 12.2 Å². The molecule has 366 valence electrons. The number of ether oxygens (including phenoxy) is 6. The Kier molecular flexibility index (Phi) is 15.9. The quantitative estimate of drug-likeness (QED) is 0.129. The van der Waals surface area contributed by atoms with Crippen molar-refractivity contribution in [2.24, 2.45) is 0 Å². The molecule has 0 aliphatic carbocycles. The van der Waals surface area contributed by atoms with E-state index in [-0.39, 0.29) is 11.8 Å². The Morgan fingerprint density at radius 2 is 1.17 bits per heavy atom. The number of fused-ring (bicyclic) bond motifs is 3. The van der Waals surface area contributed by atoms with Gasteiger partial charge in [-0.1, -0.05) is 38.6 Å². The molecule has 3 aromatic carbocycles. The summed E-state index contributed by atoms with van der Waals surface area (Å²) < 4.78 is 84.8. The van der Waals surface area contributed by atoms with Gasteiger partial charge >= 0.3 is 20.4 Å². The summed E-state index contributed by atoms with van der Waals surface area (Å²) in [5.41, 5.74) is 6.41. The van der Waals surface area contributed by atoms with Gasteiger partial charge in [0.25, 0.3) is 0 Å². The predicted molar refractivity (Wildman–Crippen MR) is 260 cm³/mol. The molecule has 23 heteroatoms. The summed E-state index contributed by atoms with van der Waals surface area (Å²) >= 11 is 5.04. The van der Waals surface area contributed by atoms with E-state index in [2.05, 4.69) is 62.5 Å². The third kappa shape index (κ3) is 12.0. The fraction of sp³-hybridized carbons (Fsp3) is 0.304. The lowest BCUT2D eigenvalue weighted by Gasteiger charge is -2.20. The minimum Gasteiger partial charge on any atom is -0.486 e. The Labute approximate surface area is 405 Å². The van der Waals surface area contributed by atoms with Crippen molar-refractivity contribution in [3.05, 3.63) is 150 Å². The summed E-state index contributed by atoms with van der Waals surface area (Å²) in [7, 11) is -1.07. The van der Waals surface area contributed by atoms with Crippen LogP contribution in [0.15, 0.2) is 111 Å². The molecule has 2 unspecified atom stereocenters. The number of nitrogens with one attached hydrogen (secondary N) is 3. The number of hydrogen-bond donors (Lipinski definition) is 3. The van der Waals surface area contributed by atoms with Crippen LogP contribution in [0.4, 0.5) is 0 Å². The summed E-state index contributed by atoms with van der Waals surface area (Å²) in [6.07, 6.45) is 12.2. The van der Waals surface area contributed by atoms with Crippen molar-refractivity contribution >= 4 is 38.2 Å². The van der Waals surface area contributed by atoms with Crippen molar-refractivity contribution in [2.45, 2.75) is 25.7 Å². The van der Waals surface area contributed by atoms with Crippen molar-refractivity contribution in [3.8, 4) is 34.5 Å². The molecule has 3 aliphatic rings. The van der Waals surface area contributed by atoms with E-state index < -0.39 is 20.4 Å². The van der Waals surface area contributed by atoms with E-state index in [1.807, 2.05) is 54.9 Å². The first kappa shape index (κ1) is 50.0. The maximum atomic E-state index is 12.1. The van der Waals surface area contributed by atoms with E-state index >= 15 is 0 Å². The average molecular weight is 1000 g/mol. The van der Waals surface area contributed by atoms with Gasteiger partial charge in [0, 0.05) is 88.0 Å². The molecule has 0 amide bonds. The first-order valence-corrected chi connectivity index (χ1v) is 24.8. The minimum absolute atomic E-state index is 0.230. The number of imidazole rings is 4. The van der Waals surface area contributed by atoms with Gasteiger partial charge in [-0.25, -0.2) is 22.9 Å². The Bertz CT molecular complexity index is 3110. The van der Waals surface area contributed by atoms with Crippen molar-refractivity contribution in [1.82, 2.24) is 46.5 Å². The third-order valence-electron chi connectivity index (χ3n) is 10.9. The molecule has 4 aromatic heterocycles. The van der Waals surface area contributed by atoms with Gasteiger partial charge in [0.05, 0.1) is 12.0 Å². The van der Waals surface area contributed by atoms with E-state index in [0.29, 0.717) is 67.2 Å². The number of rotatable bonds is 10. The first-order chi connectivity index (χ1) is 33.0. The van der Waals surface area contributed by atoms with Crippen LogP contribution in [-0.2, 0) is 20.4 Å². The van der Waals surface area contributed by atoms with E-state index in [9.17, 15) is 16.8 Å². The highest BCUT2D eigenvalue weighted by Crippen LogP contribution is 2.37. The van der Waals surface area contributed by atoms with E-state index in [1.54, 1.807) is 6.33 Å². The zero-order chi connectivity index (χ0) is 49.3. The molecule has 7 heterocycles. The summed E-state index contributed by atoms with van der Waals surface area (Å²) in [6, 6.07) is 17.6. The molecule has 0 fully saturated rings. The van der Waals surface area contributed by atoms with Crippen LogP contribution in [0.25, 0.3) is 5.57 Å². The highest BCUT2D eigenvalue weighted by atomic mass is 32.2. The molecule has 0 saturated heterocycles. The van der Waals surface area contributed by atoms with Gasteiger partial charge in [0.2, 0.25) is 0 Å². The topological polar surface area (TPSA) is 226 Å². The summed E-state index contributed by atoms with van der Waals surface area (Å²) in [5.74, 6) is 5.14. The maximum Gasteiger partial charge on any atom is 0.308 e. The van der Waals surface area contributed by atoms with Crippen LogP contribution in [0.2, 0.25) is 0 Å². The lowest BCUT2D eigenvalue weighted by Crippen LogP contribution is -2.27. The summed E-state index contributed by atoms with van der Waals surface area (Å²) in [5, 5.41) is 0. The maximum absolute atomic E-state index is 12.1. The van der Waals surface area contributed by atoms with Gasteiger partial charge in [0.1, 0.15) is 52.3 Å². The zero-order valence-electron chi connectivity index (χ0n) is 38.9. The average Bonchev–Trinajstić information content (AvgIpc) is 4.23. The molecule has 0 bridgehead atoms. The van der Waals surface area contributed by atoms with Crippen LogP contribution in [0, 0.1) is 4.77 Å². The van der Waals surface area contributed by atoms with E-state index in [0.717, 1.165) is 56.5 Å². The number of benzene rings is 3. The molecule has 20 nitrogen and oxygen atoms in total. The molecular formula is C46H54N10O10S3. The van der Waals surface area contributed by atoms with Crippen molar-refractivity contribution < 1.29 is 45.3 Å². The highest BCUT2D eigenvalue weighted by molar-refractivity contribution is 7.87. The molecule has 0 radical (unpaired) electrons.